The molecule has 0 atom stereocenters. The summed E-state index contributed by atoms with van der Waals surface area (Å²) in [6.07, 6.45) is 0. The van der Waals surface area contributed by atoms with Crippen molar-refractivity contribution in [3.63, 3.8) is 0 Å². The van der Waals surface area contributed by atoms with Crippen molar-refractivity contribution in [3.05, 3.63) is 28.3 Å². The van der Waals surface area contributed by atoms with Gasteiger partial charge in [-0.1, -0.05) is 0 Å². The Morgan fingerprint density at radius 3 is 2.92 bits per heavy atom. The van der Waals surface area contributed by atoms with Crippen molar-refractivity contribution in [2.45, 2.75) is 6.92 Å². The van der Waals surface area contributed by atoms with Crippen molar-refractivity contribution in [3.8, 4) is 5.75 Å². The number of benzene rings is 1. The number of rotatable bonds is 1. The van der Waals surface area contributed by atoms with Gasteiger partial charge >= 0.3 is 85.7 Å². The van der Waals surface area contributed by atoms with Crippen LogP contribution in [0.4, 0.5) is 0 Å². The molecule has 0 aliphatic carbocycles. The normalized spacial score (nSPS) is 10.2. The molecule has 0 amide bonds. The molecule has 0 N–H and O–H groups in total. The van der Waals surface area contributed by atoms with Crippen molar-refractivity contribution in [1.29, 1.82) is 0 Å². The van der Waals surface area contributed by atoms with Gasteiger partial charge in [0.15, 0.2) is 0 Å². The predicted octanol–water partition coefficient (Wildman–Crippen LogP) is 1.82. The minimum absolute atomic E-state index is 0.240. The second-order valence-corrected chi connectivity index (χ2v) is 5.29. The fourth-order valence-corrected chi connectivity index (χ4v) is 3.65. The number of ether oxygens (including phenoxy) is 1. The summed E-state index contributed by atoms with van der Waals surface area (Å²) >= 11 is -0.261. The molecule has 0 radical (unpaired) electrons. The molecule has 0 bridgehead atoms. The van der Waals surface area contributed by atoms with Gasteiger partial charge in [-0.15, -0.1) is 0 Å². The summed E-state index contributed by atoms with van der Waals surface area (Å²) in [5.41, 5.74) is 0. The quantitative estimate of drug-likeness (QED) is 0.591. The molecule has 3 heteroatoms. The second-order valence-electron chi connectivity index (χ2n) is 2.69. The van der Waals surface area contributed by atoms with E-state index in [-0.39, 0.29) is 26.4 Å². The summed E-state index contributed by atoms with van der Waals surface area (Å²) in [6, 6.07) is 8.09. The van der Waals surface area contributed by atoms with Gasteiger partial charge in [0.2, 0.25) is 0 Å². The number of carbonyl (C=O) groups excluding carboxylic acids is 1. The molecule has 0 aliphatic heterocycles. The van der Waals surface area contributed by atoms with E-state index >= 15 is 0 Å². The third-order valence-corrected chi connectivity index (χ3v) is 4.39. The van der Waals surface area contributed by atoms with Crippen LogP contribution in [0.25, 0.3) is 8.79 Å². The molecule has 0 saturated heterocycles. The van der Waals surface area contributed by atoms with E-state index in [0.29, 0.717) is 0 Å². The molecule has 1 aromatic carbocycles. The van der Waals surface area contributed by atoms with E-state index in [4.69, 9.17) is 4.74 Å². The first-order chi connectivity index (χ1) is 6.27. The van der Waals surface area contributed by atoms with Crippen LogP contribution in [0.1, 0.15) is 6.92 Å². The number of hydrogen-bond acceptors (Lipinski definition) is 2. The van der Waals surface area contributed by atoms with E-state index in [1.165, 1.54) is 10.3 Å². The fraction of sp³-hybridized carbons (Fsp3) is 0.100. The van der Waals surface area contributed by atoms with Crippen molar-refractivity contribution in [2.24, 2.45) is 0 Å². The molecular formula is C10H8O2Te. The summed E-state index contributed by atoms with van der Waals surface area (Å²) in [5.74, 6) is 0.515. The first-order valence-electron chi connectivity index (χ1n) is 3.92. The van der Waals surface area contributed by atoms with E-state index in [2.05, 4.69) is 10.1 Å². The van der Waals surface area contributed by atoms with Gasteiger partial charge in [0.1, 0.15) is 0 Å². The Bertz CT molecular complexity index is 445. The summed E-state index contributed by atoms with van der Waals surface area (Å²) in [5, 5.41) is 1.10. The Morgan fingerprint density at radius 2 is 2.15 bits per heavy atom. The first kappa shape index (κ1) is 8.80. The van der Waals surface area contributed by atoms with E-state index in [0.717, 1.165) is 11.1 Å². The number of hydrogen-bond donors (Lipinski definition) is 0. The Kier molecular flexibility index (Phi) is 2.39. The fourth-order valence-electron chi connectivity index (χ4n) is 1.19. The van der Waals surface area contributed by atoms with Crippen molar-refractivity contribution in [1.82, 2.24) is 0 Å². The van der Waals surface area contributed by atoms with E-state index < -0.39 is 0 Å². The first-order valence-corrected chi connectivity index (χ1v) is 6.43. The van der Waals surface area contributed by atoms with Crippen LogP contribution in [-0.2, 0) is 4.79 Å². The monoisotopic (exact) mass is 290 g/mol. The molecule has 0 unspecified atom stereocenters. The van der Waals surface area contributed by atoms with Gasteiger partial charge in [-0.25, -0.2) is 0 Å². The SMILES string of the molecule is CC(=O)Oc1c[te]c2ccccc12. The predicted molar refractivity (Wildman–Crippen MR) is 52.2 cm³/mol. The van der Waals surface area contributed by atoms with E-state index in [9.17, 15) is 4.79 Å². The molecular weight excluding hydrogens is 280 g/mol. The minimum atomic E-state index is -0.261. The van der Waals surface area contributed by atoms with Crippen molar-refractivity contribution in [2.75, 3.05) is 0 Å². The van der Waals surface area contributed by atoms with Gasteiger partial charge in [-0.3, -0.25) is 0 Å². The molecule has 0 aliphatic rings. The number of esters is 1. The van der Waals surface area contributed by atoms with Crippen molar-refractivity contribution >= 4 is 35.2 Å². The summed E-state index contributed by atoms with van der Waals surface area (Å²) in [7, 11) is 0. The Balaban J connectivity index is 2.51. The van der Waals surface area contributed by atoms with Crippen LogP contribution in [0.15, 0.2) is 28.3 Å². The van der Waals surface area contributed by atoms with Crippen LogP contribution in [0.2, 0.25) is 0 Å². The molecule has 0 saturated carbocycles. The van der Waals surface area contributed by atoms with Gasteiger partial charge < -0.3 is 0 Å². The molecule has 0 spiro atoms. The van der Waals surface area contributed by atoms with Crippen LogP contribution in [0, 0.1) is 0 Å². The van der Waals surface area contributed by atoms with E-state index in [1.807, 2.05) is 18.2 Å². The maximum absolute atomic E-state index is 10.8. The van der Waals surface area contributed by atoms with Crippen LogP contribution in [-0.4, -0.2) is 26.4 Å². The number of fused-ring (bicyclic) bond motifs is 1. The zero-order valence-corrected chi connectivity index (χ0v) is 9.44. The van der Waals surface area contributed by atoms with Crippen LogP contribution in [0.5, 0.6) is 5.75 Å². The maximum atomic E-state index is 10.8. The van der Waals surface area contributed by atoms with Gasteiger partial charge in [0.25, 0.3) is 0 Å². The van der Waals surface area contributed by atoms with Gasteiger partial charge in [-0.05, 0) is 0 Å². The third-order valence-electron chi connectivity index (χ3n) is 1.70. The summed E-state index contributed by atoms with van der Waals surface area (Å²) < 4.78 is 8.51. The zero-order valence-electron chi connectivity index (χ0n) is 7.11. The van der Waals surface area contributed by atoms with Crippen LogP contribution in [0.3, 0.4) is 0 Å². The third kappa shape index (κ3) is 1.77. The van der Waals surface area contributed by atoms with Crippen LogP contribution < -0.4 is 4.74 Å². The zero-order chi connectivity index (χ0) is 9.26. The number of carbonyl (C=O) groups is 1. The molecule has 0 fully saturated rings. The molecule has 2 aromatic rings. The molecule has 13 heavy (non-hydrogen) atoms. The Labute approximate surface area is 85.7 Å². The molecule has 1 aromatic heterocycles. The van der Waals surface area contributed by atoms with Crippen LogP contribution >= 0.6 is 0 Å². The Morgan fingerprint density at radius 1 is 1.38 bits per heavy atom. The molecule has 66 valence electrons. The van der Waals surface area contributed by atoms with Gasteiger partial charge in [0.05, 0.1) is 0 Å². The summed E-state index contributed by atoms with van der Waals surface area (Å²) in [4.78, 5) is 10.8. The Hall–Kier alpha value is -0.780. The van der Waals surface area contributed by atoms with Crippen molar-refractivity contribution < 1.29 is 9.53 Å². The standard InChI is InChI=1S/C10H8O2Te/c1-7(11)12-9-6-13-10-5-3-2-4-8(9)10/h2-6H,1H3. The second kappa shape index (κ2) is 3.53. The van der Waals surface area contributed by atoms with Gasteiger partial charge in [-0.2, -0.15) is 0 Å². The molecule has 1 heterocycles. The molecule has 2 nitrogen and oxygen atoms in total. The average molecular weight is 288 g/mol. The summed E-state index contributed by atoms with van der Waals surface area (Å²) in [6.45, 7) is 1.43. The average Bonchev–Trinajstić information content (AvgIpc) is 2.48. The molecule has 2 rings (SSSR count). The van der Waals surface area contributed by atoms with Gasteiger partial charge in [0, 0.05) is 0 Å². The van der Waals surface area contributed by atoms with E-state index in [1.54, 1.807) is 0 Å². The topological polar surface area (TPSA) is 26.3 Å².